The second-order valence-electron chi connectivity index (χ2n) is 14.3. The summed E-state index contributed by atoms with van der Waals surface area (Å²) in [5.41, 5.74) is 1.65. The molecule has 0 saturated carbocycles. The molecule has 3 heterocycles. The van der Waals surface area contributed by atoms with Crippen molar-refractivity contribution in [2.75, 3.05) is 25.1 Å². The van der Waals surface area contributed by atoms with E-state index < -0.39 is 41.6 Å². The molecule has 53 heavy (non-hydrogen) atoms. The van der Waals surface area contributed by atoms with Crippen LogP contribution in [-0.2, 0) is 27.3 Å². The maximum atomic E-state index is 13.8. The van der Waals surface area contributed by atoms with Crippen molar-refractivity contribution in [3.63, 3.8) is 0 Å². The molecule has 1 unspecified atom stereocenters. The molecule has 0 bridgehead atoms. The minimum absolute atomic E-state index is 0.0232. The highest BCUT2D eigenvalue weighted by atomic mass is 16.6. The number of urea groups is 1. The molecule has 3 aromatic carbocycles. The third-order valence-corrected chi connectivity index (χ3v) is 9.35. The molecule has 4 amide bonds. The van der Waals surface area contributed by atoms with Crippen LogP contribution in [0.4, 0.5) is 15.4 Å². The van der Waals surface area contributed by atoms with Crippen molar-refractivity contribution in [2.45, 2.75) is 64.1 Å². The standard InChI is InChI=1S/C41H44N4O8/c1-41(2,3)53-40(50)44(25-27-12-16-31(51-4)17-13-27)35-24-28(20-21-42-35)23-34-36(38(47)48)45(37(34)46)39(49)43-22-8-9-30(26-43)29-14-18-33(19-15-29)52-32-10-6-5-7-11-32/h5-7,10-21,24,30,34,36H,8-9,22-23,25-26H2,1-4H3,(H,47,48)/t30?,34-,36+/m1/s1. The van der Waals surface area contributed by atoms with Crippen molar-refractivity contribution in [1.29, 1.82) is 0 Å². The maximum Gasteiger partial charge on any atom is 0.416 e. The van der Waals surface area contributed by atoms with Crippen LogP contribution in [0.25, 0.3) is 0 Å². The zero-order valence-electron chi connectivity index (χ0n) is 30.3. The number of β-lactam (4-membered cyclic amide) rings is 1. The fraction of sp³-hybridized carbons (Fsp3) is 0.341. The summed E-state index contributed by atoms with van der Waals surface area (Å²) in [6.45, 7) is 6.23. The lowest BCUT2D eigenvalue weighted by Crippen LogP contribution is -2.69. The van der Waals surface area contributed by atoms with Gasteiger partial charge < -0.3 is 24.2 Å². The molecule has 4 aromatic rings. The van der Waals surface area contributed by atoms with E-state index in [0.717, 1.165) is 28.2 Å². The van der Waals surface area contributed by atoms with Crippen LogP contribution in [0.1, 0.15) is 56.2 Å². The van der Waals surface area contributed by atoms with Gasteiger partial charge in [-0.1, -0.05) is 42.5 Å². The summed E-state index contributed by atoms with van der Waals surface area (Å²) in [4.78, 5) is 61.6. The lowest BCUT2D eigenvalue weighted by Gasteiger charge is -2.46. The summed E-state index contributed by atoms with van der Waals surface area (Å²) in [6, 6.07) is 25.9. The number of hydrogen-bond acceptors (Lipinski definition) is 8. The lowest BCUT2D eigenvalue weighted by atomic mass is 9.82. The maximum absolute atomic E-state index is 13.8. The zero-order valence-corrected chi connectivity index (χ0v) is 30.3. The number of likely N-dealkylation sites (tertiary alicyclic amines) is 2. The highest BCUT2D eigenvalue weighted by molar-refractivity contribution is 6.07. The number of pyridine rings is 1. The number of carboxylic acids is 1. The van der Waals surface area contributed by atoms with Crippen molar-refractivity contribution in [2.24, 2.45) is 5.92 Å². The van der Waals surface area contributed by atoms with Crippen molar-refractivity contribution >= 4 is 29.8 Å². The van der Waals surface area contributed by atoms with Crippen LogP contribution in [0.15, 0.2) is 97.2 Å². The van der Waals surface area contributed by atoms with Crippen LogP contribution >= 0.6 is 0 Å². The van der Waals surface area contributed by atoms with Gasteiger partial charge in [-0.2, -0.15) is 0 Å². The molecular weight excluding hydrogens is 676 g/mol. The van der Waals surface area contributed by atoms with Gasteiger partial charge in [-0.05, 0) is 105 Å². The van der Waals surface area contributed by atoms with Gasteiger partial charge in [0.15, 0.2) is 6.04 Å². The number of para-hydroxylation sites is 1. The molecule has 2 fully saturated rings. The number of carbonyl (C=O) groups excluding carboxylic acids is 3. The number of amides is 4. The number of methoxy groups -OCH3 is 1. The van der Waals surface area contributed by atoms with Crippen LogP contribution in [0.3, 0.4) is 0 Å². The molecule has 276 valence electrons. The third kappa shape index (κ3) is 8.77. The van der Waals surface area contributed by atoms with E-state index >= 15 is 0 Å². The molecule has 0 radical (unpaired) electrons. The molecule has 2 aliphatic heterocycles. The third-order valence-electron chi connectivity index (χ3n) is 9.35. The molecule has 0 spiro atoms. The second kappa shape index (κ2) is 15.8. The Morgan fingerprint density at radius 2 is 1.58 bits per heavy atom. The Balaban J connectivity index is 1.14. The summed E-state index contributed by atoms with van der Waals surface area (Å²) in [6.07, 6.45) is 2.50. The summed E-state index contributed by atoms with van der Waals surface area (Å²) >= 11 is 0. The van der Waals surface area contributed by atoms with Crippen molar-refractivity contribution < 1.29 is 38.5 Å². The molecule has 12 heteroatoms. The second-order valence-corrected chi connectivity index (χ2v) is 14.3. The van der Waals surface area contributed by atoms with Crippen LogP contribution in [0.2, 0.25) is 0 Å². The smallest absolute Gasteiger partial charge is 0.416 e. The first-order chi connectivity index (χ1) is 25.4. The molecule has 0 aliphatic carbocycles. The molecule has 1 aromatic heterocycles. The van der Waals surface area contributed by atoms with Crippen LogP contribution in [0.5, 0.6) is 17.2 Å². The van der Waals surface area contributed by atoms with E-state index in [2.05, 4.69) is 4.98 Å². The topological polar surface area (TPSA) is 139 Å². The summed E-state index contributed by atoms with van der Waals surface area (Å²) in [7, 11) is 1.57. The van der Waals surface area contributed by atoms with Gasteiger partial charge in [0.1, 0.15) is 28.7 Å². The number of carbonyl (C=O) groups is 4. The molecular formula is C41H44N4O8. The molecule has 2 aliphatic rings. The van der Waals surface area contributed by atoms with Gasteiger partial charge in [-0.3, -0.25) is 9.69 Å². The van der Waals surface area contributed by atoms with Gasteiger partial charge in [0.25, 0.3) is 0 Å². The highest BCUT2D eigenvalue weighted by Crippen LogP contribution is 2.35. The summed E-state index contributed by atoms with van der Waals surface area (Å²) in [5.74, 6) is -0.377. The first-order valence-electron chi connectivity index (χ1n) is 17.7. The summed E-state index contributed by atoms with van der Waals surface area (Å²) in [5, 5.41) is 10.2. The van der Waals surface area contributed by atoms with Gasteiger partial charge in [0.2, 0.25) is 5.91 Å². The van der Waals surface area contributed by atoms with E-state index in [1.165, 1.54) is 11.1 Å². The van der Waals surface area contributed by atoms with E-state index in [1.54, 1.807) is 57.0 Å². The predicted octanol–water partition coefficient (Wildman–Crippen LogP) is 7.28. The Morgan fingerprint density at radius 1 is 0.906 bits per heavy atom. The molecule has 2 saturated heterocycles. The van der Waals surface area contributed by atoms with E-state index in [0.29, 0.717) is 36.6 Å². The number of benzene rings is 3. The van der Waals surface area contributed by atoms with Gasteiger partial charge in [0.05, 0.1) is 19.6 Å². The average molecular weight is 721 g/mol. The fourth-order valence-electron chi connectivity index (χ4n) is 6.71. The van der Waals surface area contributed by atoms with E-state index in [-0.39, 0.29) is 24.7 Å². The van der Waals surface area contributed by atoms with Crippen LogP contribution in [-0.4, -0.2) is 75.7 Å². The van der Waals surface area contributed by atoms with Gasteiger partial charge in [-0.15, -0.1) is 0 Å². The highest BCUT2D eigenvalue weighted by Gasteiger charge is 2.55. The number of nitrogens with zero attached hydrogens (tertiary/aromatic N) is 4. The van der Waals surface area contributed by atoms with Gasteiger partial charge >= 0.3 is 18.1 Å². The Bertz CT molecular complexity index is 1930. The van der Waals surface area contributed by atoms with Crippen molar-refractivity contribution in [3.8, 4) is 17.2 Å². The van der Waals surface area contributed by atoms with E-state index in [1.807, 2.05) is 66.7 Å². The minimum Gasteiger partial charge on any atom is -0.497 e. The Labute approximate surface area is 308 Å². The number of imide groups is 1. The molecule has 3 atom stereocenters. The van der Waals surface area contributed by atoms with Crippen LogP contribution in [0, 0.1) is 5.92 Å². The van der Waals surface area contributed by atoms with Crippen molar-refractivity contribution in [3.05, 3.63) is 114 Å². The number of carboxylic acid groups (broad SMARTS) is 1. The normalized spacial score (nSPS) is 18.5. The Kier molecular flexibility index (Phi) is 11.0. The van der Waals surface area contributed by atoms with Gasteiger partial charge in [0, 0.05) is 25.2 Å². The van der Waals surface area contributed by atoms with Gasteiger partial charge in [-0.25, -0.2) is 24.3 Å². The molecule has 6 rings (SSSR count). The number of hydrogen-bond donors (Lipinski definition) is 1. The summed E-state index contributed by atoms with van der Waals surface area (Å²) < 4.78 is 16.9. The Morgan fingerprint density at radius 3 is 2.25 bits per heavy atom. The van der Waals surface area contributed by atoms with Crippen LogP contribution < -0.4 is 14.4 Å². The average Bonchev–Trinajstić information content (AvgIpc) is 3.15. The molecule has 12 nitrogen and oxygen atoms in total. The number of aromatic nitrogens is 1. The zero-order chi connectivity index (χ0) is 37.7. The minimum atomic E-state index is -1.33. The van der Waals surface area contributed by atoms with E-state index in [9.17, 15) is 24.3 Å². The SMILES string of the molecule is COc1ccc(CN(C(=O)OC(C)(C)C)c2cc(C[C@H]3C(=O)N(C(=O)N4CCCC(c5ccc(Oc6ccccc6)cc5)C4)[C@@H]3C(=O)O)ccn2)cc1. The quantitative estimate of drug-likeness (QED) is 0.168. The lowest BCUT2D eigenvalue weighted by molar-refractivity contribution is -0.166. The first-order valence-corrected chi connectivity index (χ1v) is 17.7. The van der Waals surface area contributed by atoms with E-state index in [4.69, 9.17) is 14.2 Å². The fourth-order valence-corrected chi connectivity index (χ4v) is 6.71. The largest absolute Gasteiger partial charge is 0.497 e. The number of piperidine rings is 1. The number of rotatable bonds is 10. The predicted molar refractivity (Wildman–Crippen MR) is 197 cm³/mol. The molecule has 1 N–H and O–H groups in total. The number of aliphatic carboxylic acids is 1. The first kappa shape index (κ1) is 36.9. The van der Waals surface area contributed by atoms with Crippen molar-refractivity contribution in [1.82, 2.24) is 14.8 Å². The number of ether oxygens (including phenoxy) is 3. The monoisotopic (exact) mass is 720 g/mol. The Hall–Kier alpha value is -5.91. The number of anilines is 1.